The molecule has 13 heteroatoms. The molecule has 12 nitrogen and oxygen atoms in total. The minimum Gasteiger partial charge on any atom is -0.502 e. The molecule has 0 saturated heterocycles. The Morgan fingerprint density at radius 3 is 2.48 bits per heavy atom. The summed E-state index contributed by atoms with van der Waals surface area (Å²) < 4.78 is 0.540. The van der Waals surface area contributed by atoms with Crippen molar-refractivity contribution < 1.29 is 24.5 Å². The van der Waals surface area contributed by atoms with Gasteiger partial charge in [0.05, 0.1) is 39.8 Å². The van der Waals surface area contributed by atoms with E-state index in [1.54, 1.807) is 24.3 Å². The number of nitro benzene ring substituents is 2. The van der Waals surface area contributed by atoms with Crippen molar-refractivity contribution >= 4 is 45.3 Å². The highest BCUT2D eigenvalue weighted by molar-refractivity contribution is 9.10. The first-order valence-electron chi connectivity index (χ1n) is 7.71. The molecule has 29 heavy (non-hydrogen) atoms. The summed E-state index contributed by atoms with van der Waals surface area (Å²) in [6, 6.07) is 8.03. The van der Waals surface area contributed by atoms with Crippen molar-refractivity contribution in [1.82, 2.24) is 10.7 Å². The van der Waals surface area contributed by atoms with Crippen LogP contribution in [0.25, 0.3) is 0 Å². The molecular weight excluding hydrogens is 454 g/mol. The zero-order chi connectivity index (χ0) is 21.6. The molecule has 2 rings (SSSR count). The maximum atomic E-state index is 12.0. The number of non-ortho nitro benzene ring substituents is 1. The number of carbonyl (C=O) groups excluding carboxylic acids is 2. The van der Waals surface area contributed by atoms with Gasteiger partial charge in [0.1, 0.15) is 0 Å². The summed E-state index contributed by atoms with van der Waals surface area (Å²) in [4.78, 5) is 43.6. The van der Waals surface area contributed by atoms with Gasteiger partial charge in [0, 0.05) is 10.5 Å². The smallest absolute Gasteiger partial charge is 0.318 e. The molecule has 0 saturated carbocycles. The minimum atomic E-state index is -0.991. The van der Waals surface area contributed by atoms with Crippen molar-refractivity contribution in [3.8, 4) is 5.75 Å². The van der Waals surface area contributed by atoms with Gasteiger partial charge in [-0.2, -0.15) is 5.10 Å². The predicted octanol–water partition coefficient (Wildman–Crippen LogP) is 1.85. The summed E-state index contributed by atoms with van der Waals surface area (Å²) in [6.45, 7) is -0.432. The van der Waals surface area contributed by atoms with E-state index in [0.717, 1.165) is 12.3 Å². The number of hydrogen-bond acceptors (Lipinski definition) is 8. The maximum absolute atomic E-state index is 12.0. The lowest BCUT2D eigenvalue weighted by molar-refractivity contribution is -0.394. The minimum absolute atomic E-state index is 0.317. The number of nitrogens with one attached hydrogen (secondary N) is 2. The fraction of sp³-hybridized carbons (Fsp3) is 0.0625. The van der Waals surface area contributed by atoms with E-state index in [1.807, 2.05) is 5.43 Å². The first-order chi connectivity index (χ1) is 13.7. The highest BCUT2D eigenvalue weighted by Gasteiger charge is 2.23. The Bertz CT molecular complexity index is 1020. The molecule has 3 N–H and O–H groups in total. The molecule has 0 bridgehead atoms. The molecule has 0 heterocycles. The van der Waals surface area contributed by atoms with Gasteiger partial charge in [-0.05, 0) is 28.1 Å². The molecule has 2 aromatic carbocycles. The number of phenols is 1. The van der Waals surface area contributed by atoms with Gasteiger partial charge >= 0.3 is 5.69 Å². The molecule has 0 spiro atoms. The second-order valence-corrected chi connectivity index (χ2v) is 6.23. The van der Waals surface area contributed by atoms with Crippen molar-refractivity contribution in [1.29, 1.82) is 0 Å². The zero-order valence-electron chi connectivity index (χ0n) is 14.4. The van der Waals surface area contributed by atoms with Gasteiger partial charge < -0.3 is 10.4 Å². The largest absolute Gasteiger partial charge is 0.502 e. The fourth-order valence-corrected chi connectivity index (χ4v) is 2.55. The average Bonchev–Trinajstić information content (AvgIpc) is 2.67. The second-order valence-electron chi connectivity index (χ2n) is 5.37. The molecule has 150 valence electrons. The maximum Gasteiger partial charge on any atom is 0.318 e. The number of carbonyl (C=O) groups is 2. The molecule has 0 radical (unpaired) electrons. The molecule has 0 aliphatic heterocycles. The number of nitrogens with zero attached hydrogens (tertiary/aromatic N) is 3. The SMILES string of the molecule is O=C(CNC(=O)c1ccccc1Br)N/N=C\c1cc([N+](=O)[O-])cc([N+](=O)[O-])c1O. The number of nitro groups is 2. The number of phenolic OH excluding ortho intramolecular Hbond substituents is 1. The van der Waals surface area contributed by atoms with Crippen molar-refractivity contribution in [2.45, 2.75) is 0 Å². The van der Waals surface area contributed by atoms with Crippen LogP contribution in [0.5, 0.6) is 5.75 Å². The summed E-state index contributed by atoms with van der Waals surface area (Å²) in [7, 11) is 0. The van der Waals surface area contributed by atoms with Crippen LogP contribution in [0.15, 0.2) is 46.0 Å². The van der Waals surface area contributed by atoms with Crippen LogP contribution in [0, 0.1) is 20.2 Å². The van der Waals surface area contributed by atoms with Crippen molar-refractivity contribution in [2.75, 3.05) is 6.54 Å². The number of halogens is 1. The zero-order valence-corrected chi connectivity index (χ0v) is 16.0. The molecule has 0 aromatic heterocycles. The van der Waals surface area contributed by atoms with E-state index in [4.69, 9.17) is 0 Å². The summed E-state index contributed by atoms with van der Waals surface area (Å²) >= 11 is 3.21. The molecule has 0 unspecified atom stereocenters. The van der Waals surface area contributed by atoms with E-state index in [0.29, 0.717) is 16.1 Å². The highest BCUT2D eigenvalue weighted by atomic mass is 79.9. The quantitative estimate of drug-likeness (QED) is 0.317. The van der Waals surface area contributed by atoms with Crippen LogP contribution < -0.4 is 10.7 Å². The Morgan fingerprint density at radius 1 is 1.17 bits per heavy atom. The van der Waals surface area contributed by atoms with Crippen LogP contribution >= 0.6 is 15.9 Å². The summed E-state index contributed by atoms with van der Waals surface area (Å²) in [5.74, 6) is -2.09. The van der Waals surface area contributed by atoms with Crippen LogP contribution in [-0.2, 0) is 4.79 Å². The lowest BCUT2D eigenvalue weighted by Gasteiger charge is -2.06. The van der Waals surface area contributed by atoms with Gasteiger partial charge in [0.2, 0.25) is 5.75 Å². The second kappa shape index (κ2) is 9.36. The number of aromatic hydroxyl groups is 1. The van der Waals surface area contributed by atoms with E-state index in [9.17, 15) is 34.9 Å². The number of amides is 2. The van der Waals surface area contributed by atoms with Gasteiger partial charge in [0.25, 0.3) is 17.5 Å². The molecule has 2 aromatic rings. The summed E-state index contributed by atoms with van der Waals surface area (Å²) in [5, 5.41) is 37.4. The third-order valence-electron chi connectivity index (χ3n) is 3.43. The van der Waals surface area contributed by atoms with Crippen LogP contribution in [0.4, 0.5) is 11.4 Å². The molecule has 0 aliphatic carbocycles. The van der Waals surface area contributed by atoms with E-state index in [2.05, 4.69) is 26.3 Å². The molecule has 2 amide bonds. The third kappa shape index (κ3) is 5.55. The van der Waals surface area contributed by atoms with Crippen LogP contribution in [0.3, 0.4) is 0 Å². The first-order valence-corrected chi connectivity index (χ1v) is 8.50. The number of hydrazone groups is 1. The van der Waals surface area contributed by atoms with Crippen molar-refractivity contribution in [3.05, 3.63) is 72.2 Å². The lowest BCUT2D eigenvalue weighted by atomic mass is 10.1. The normalized spacial score (nSPS) is 10.5. The van der Waals surface area contributed by atoms with Gasteiger partial charge in [-0.15, -0.1) is 0 Å². The number of benzene rings is 2. The van der Waals surface area contributed by atoms with E-state index in [1.165, 1.54) is 0 Å². The van der Waals surface area contributed by atoms with E-state index >= 15 is 0 Å². The fourth-order valence-electron chi connectivity index (χ4n) is 2.08. The molecule has 0 aliphatic rings. The van der Waals surface area contributed by atoms with Gasteiger partial charge in [0.15, 0.2) is 0 Å². The molecular formula is C16H12BrN5O7. The highest BCUT2D eigenvalue weighted by Crippen LogP contribution is 2.33. The van der Waals surface area contributed by atoms with Crippen LogP contribution in [0.1, 0.15) is 15.9 Å². The van der Waals surface area contributed by atoms with Gasteiger partial charge in [-0.3, -0.25) is 29.8 Å². The van der Waals surface area contributed by atoms with Gasteiger partial charge in [-0.1, -0.05) is 12.1 Å². The van der Waals surface area contributed by atoms with E-state index in [-0.39, 0.29) is 5.56 Å². The predicted molar refractivity (Wildman–Crippen MR) is 104 cm³/mol. The van der Waals surface area contributed by atoms with E-state index < -0.39 is 45.3 Å². The molecule has 0 atom stereocenters. The Balaban J connectivity index is 2.03. The van der Waals surface area contributed by atoms with Crippen LogP contribution in [-0.4, -0.2) is 39.5 Å². The number of rotatable bonds is 7. The number of hydrogen-bond donors (Lipinski definition) is 3. The monoisotopic (exact) mass is 465 g/mol. The average molecular weight is 466 g/mol. The Labute approximate surface area is 170 Å². The Morgan fingerprint density at radius 2 is 1.86 bits per heavy atom. The first kappa shape index (κ1) is 21.4. The summed E-state index contributed by atoms with van der Waals surface area (Å²) in [6.07, 6.45) is 0.808. The third-order valence-corrected chi connectivity index (χ3v) is 4.12. The lowest BCUT2D eigenvalue weighted by Crippen LogP contribution is -2.35. The Kier molecular flexibility index (Phi) is 6.92. The molecule has 0 fully saturated rings. The van der Waals surface area contributed by atoms with Crippen molar-refractivity contribution in [2.24, 2.45) is 5.10 Å². The standard InChI is InChI=1S/C16H12BrN5O7/c17-12-4-2-1-3-11(12)16(25)18-8-14(23)20-19-7-9-5-10(21(26)27)6-13(15(9)24)22(28)29/h1-7,24H,8H2,(H,18,25)(H,20,23)/b19-7-. The van der Waals surface area contributed by atoms with Gasteiger partial charge in [-0.25, -0.2) is 5.43 Å². The summed E-state index contributed by atoms with van der Waals surface area (Å²) in [5.41, 5.74) is 0.486. The van der Waals surface area contributed by atoms with Crippen LogP contribution in [0.2, 0.25) is 0 Å². The Hall–Kier alpha value is -3.87. The van der Waals surface area contributed by atoms with Crippen molar-refractivity contribution in [3.63, 3.8) is 0 Å². The topological polar surface area (TPSA) is 177 Å².